The number of nitrogens with one attached hydrogen (secondary N) is 2. The third-order valence-electron chi connectivity index (χ3n) is 2.86. The summed E-state index contributed by atoms with van der Waals surface area (Å²) >= 11 is 0. The molecule has 128 valence electrons. The third-order valence-corrected chi connectivity index (χ3v) is 4.23. The van der Waals surface area contributed by atoms with E-state index in [0.29, 0.717) is 0 Å². The van der Waals surface area contributed by atoms with Gasteiger partial charge in [-0.2, -0.15) is 13.2 Å². The van der Waals surface area contributed by atoms with Gasteiger partial charge in [-0.3, -0.25) is 0 Å². The van der Waals surface area contributed by atoms with Crippen molar-refractivity contribution in [2.75, 3.05) is 10.6 Å². The first kappa shape index (κ1) is 18.1. The molecule has 10 heteroatoms. The van der Waals surface area contributed by atoms with Crippen LogP contribution in [0.5, 0.6) is 0 Å². The number of amides is 2. The first-order valence-electron chi connectivity index (χ1n) is 6.36. The largest absolute Gasteiger partial charge is 0.416 e. The van der Waals surface area contributed by atoms with Crippen LogP contribution in [-0.2, 0) is 15.2 Å². The number of hydrogen-bond donors (Lipinski definition) is 2. The number of carbonyl (C=O) groups is 1. The van der Waals surface area contributed by atoms with Gasteiger partial charge in [-0.25, -0.2) is 13.2 Å². The molecule has 0 atom stereocenters. The minimum atomic E-state index is -4.45. The molecule has 0 radical (unpaired) electrons. The van der Waals surface area contributed by atoms with Gasteiger partial charge in [0, 0.05) is 22.1 Å². The molecular weight excluding hydrogens is 369 g/mol. The first-order valence-corrected chi connectivity index (χ1v) is 8.66. The molecule has 0 spiro atoms. The summed E-state index contributed by atoms with van der Waals surface area (Å²) < 4.78 is 59.5. The van der Waals surface area contributed by atoms with E-state index in [2.05, 4.69) is 10.6 Å². The van der Waals surface area contributed by atoms with Crippen LogP contribution in [0.4, 0.5) is 29.3 Å². The second kappa shape index (κ2) is 6.70. The molecule has 0 fully saturated rings. The molecule has 0 saturated carbocycles. The van der Waals surface area contributed by atoms with Crippen molar-refractivity contribution in [2.45, 2.75) is 11.1 Å². The average Bonchev–Trinajstić information content (AvgIpc) is 2.46. The zero-order valence-corrected chi connectivity index (χ0v) is 13.3. The Morgan fingerprint density at radius 2 is 1.29 bits per heavy atom. The molecule has 0 unspecified atom stereocenters. The Labute approximate surface area is 139 Å². The van der Waals surface area contributed by atoms with Crippen LogP contribution < -0.4 is 10.6 Å². The summed E-state index contributed by atoms with van der Waals surface area (Å²) in [5.41, 5.74) is -0.379. The van der Waals surface area contributed by atoms with Gasteiger partial charge >= 0.3 is 12.2 Å². The number of benzene rings is 2. The Kier molecular flexibility index (Phi) is 5.05. The van der Waals surface area contributed by atoms with Gasteiger partial charge in [0.1, 0.15) is 0 Å². The summed E-state index contributed by atoms with van der Waals surface area (Å²) in [5.74, 6) is 0. The number of rotatable bonds is 3. The van der Waals surface area contributed by atoms with E-state index in [9.17, 15) is 26.4 Å². The minimum absolute atomic E-state index is 0.127. The zero-order chi connectivity index (χ0) is 18.0. The highest BCUT2D eigenvalue weighted by Gasteiger charge is 2.29. The van der Waals surface area contributed by atoms with Crippen molar-refractivity contribution in [3.63, 3.8) is 0 Å². The topological polar surface area (TPSA) is 75.3 Å². The van der Waals surface area contributed by atoms with Gasteiger partial charge in [-0.05, 0) is 48.5 Å². The van der Waals surface area contributed by atoms with Crippen LogP contribution in [0.3, 0.4) is 0 Å². The van der Waals surface area contributed by atoms with Gasteiger partial charge in [0.2, 0.25) is 0 Å². The number of carbonyl (C=O) groups excluding carboxylic acids is 1. The molecule has 0 aliphatic rings. The number of anilines is 2. The van der Waals surface area contributed by atoms with Crippen molar-refractivity contribution < 1.29 is 26.4 Å². The second-order valence-electron chi connectivity index (χ2n) is 4.62. The Balaban J connectivity index is 2.00. The van der Waals surface area contributed by atoms with Crippen molar-refractivity contribution >= 4 is 37.1 Å². The molecule has 2 aromatic carbocycles. The van der Waals surface area contributed by atoms with E-state index < -0.39 is 26.8 Å². The summed E-state index contributed by atoms with van der Waals surface area (Å²) in [6, 6.07) is 8.27. The highest BCUT2D eigenvalue weighted by atomic mass is 35.7. The fourth-order valence-corrected chi connectivity index (χ4v) is 2.51. The van der Waals surface area contributed by atoms with Crippen LogP contribution >= 0.6 is 10.7 Å². The maximum Gasteiger partial charge on any atom is 0.416 e. The van der Waals surface area contributed by atoms with Crippen LogP contribution in [0.1, 0.15) is 5.56 Å². The maximum atomic E-state index is 12.4. The monoisotopic (exact) mass is 378 g/mol. The smallest absolute Gasteiger partial charge is 0.308 e. The van der Waals surface area contributed by atoms with Crippen LogP contribution in [0.25, 0.3) is 0 Å². The molecule has 0 aliphatic heterocycles. The van der Waals surface area contributed by atoms with Crippen molar-refractivity contribution in [1.82, 2.24) is 0 Å². The Morgan fingerprint density at radius 1 is 0.875 bits per heavy atom. The zero-order valence-electron chi connectivity index (χ0n) is 11.8. The molecule has 2 aromatic rings. The summed E-state index contributed by atoms with van der Waals surface area (Å²) in [4.78, 5) is 11.6. The Morgan fingerprint density at radius 3 is 1.67 bits per heavy atom. The van der Waals surface area contributed by atoms with Gasteiger partial charge in [0.05, 0.1) is 10.5 Å². The van der Waals surface area contributed by atoms with E-state index in [1.165, 1.54) is 24.3 Å². The van der Waals surface area contributed by atoms with E-state index in [-0.39, 0.29) is 16.3 Å². The van der Waals surface area contributed by atoms with Gasteiger partial charge < -0.3 is 10.6 Å². The summed E-state index contributed by atoms with van der Waals surface area (Å²) in [6.07, 6.45) is -4.45. The summed E-state index contributed by atoms with van der Waals surface area (Å²) in [6.45, 7) is 0. The molecule has 2 amide bonds. The standard InChI is InChI=1S/C14H10ClF3N2O3S/c15-24(22,23)12-7-5-11(6-8-12)20-13(21)19-10-3-1-9(2-4-10)14(16,17)18/h1-8H,(H2,19,20,21). The third kappa shape index (κ3) is 4.87. The van der Waals surface area contributed by atoms with E-state index in [1.807, 2.05) is 0 Å². The van der Waals surface area contributed by atoms with E-state index in [1.54, 1.807) is 0 Å². The second-order valence-corrected chi connectivity index (χ2v) is 7.18. The SMILES string of the molecule is O=C(Nc1ccc(C(F)(F)F)cc1)Nc1ccc(S(=O)(=O)Cl)cc1. The van der Waals surface area contributed by atoms with Crippen molar-refractivity contribution in [2.24, 2.45) is 0 Å². The molecule has 0 aromatic heterocycles. The number of hydrogen-bond acceptors (Lipinski definition) is 3. The Bertz CT molecular complexity index is 835. The lowest BCUT2D eigenvalue weighted by Crippen LogP contribution is -2.19. The van der Waals surface area contributed by atoms with Crippen molar-refractivity contribution in [3.05, 3.63) is 54.1 Å². The molecule has 5 nitrogen and oxygen atoms in total. The predicted octanol–water partition coefficient (Wildman–Crippen LogP) is 4.28. The van der Waals surface area contributed by atoms with Gasteiger partial charge in [-0.15, -0.1) is 0 Å². The molecule has 2 rings (SSSR count). The summed E-state index contributed by atoms with van der Waals surface area (Å²) in [5, 5.41) is 4.76. The van der Waals surface area contributed by atoms with E-state index in [0.717, 1.165) is 24.3 Å². The average molecular weight is 379 g/mol. The van der Waals surface area contributed by atoms with Crippen molar-refractivity contribution in [1.29, 1.82) is 0 Å². The van der Waals surface area contributed by atoms with Gasteiger partial charge in [0.15, 0.2) is 0 Å². The number of halogens is 4. The molecule has 0 saturated heterocycles. The number of alkyl halides is 3. The fraction of sp³-hybridized carbons (Fsp3) is 0.0714. The molecular formula is C14H10ClF3N2O3S. The van der Waals surface area contributed by atoms with Crippen LogP contribution in [-0.4, -0.2) is 14.4 Å². The van der Waals surface area contributed by atoms with Crippen molar-refractivity contribution in [3.8, 4) is 0 Å². The highest BCUT2D eigenvalue weighted by Crippen LogP contribution is 2.29. The highest BCUT2D eigenvalue weighted by molar-refractivity contribution is 8.13. The van der Waals surface area contributed by atoms with Gasteiger partial charge in [0.25, 0.3) is 9.05 Å². The lowest BCUT2D eigenvalue weighted by atomic mass is 10.2. The number of urea groups is 1. The fourth-order valence-electron chi connectivity index (χ4n) is 1.74. The molecule has 0 aliphatic carbocycles. The summed E-state index contributed by atoms with van der Waals surface area (Å²) in [7, 11) is 1.30. The van der Waals surface area contributed by atoms with Crippen LogP contribution in [0, 0.1) is 0 Å². The molecule has 2 N–H and O–H groups in total. The lowest BCUT2D eigenvalue weighted by molar-refractivity contribution is -0.137. The Hall–Kier alpha value is -2.26. The van der Waals surface area contributed by atoms with E-state index >= 15 is 0 Å². The minimum Gasteiger partial charge on any atom is -0.308 e. The van der Waals surface area contributed by atoms with Crippen LogP contribution in [0.2, 0.25) is 0 Å². The molecule has 24 heavy (non-hydrogen) atoms. The normalized spacial score (nSPS) is 11.8. The lowest BCUT2D eigenvalue weighted by Gasteiger charge is -2.10. The van der Waals surface area contributed by atoms with E-state index in [4.69, 9.17) is 10.7 Å². The van der Waals surface area contributed by atoms with Gasteiger partial charge in [-0.1, -0.05) is 0 Å². The molecule has 0 bridgehead atoms. The first-order chi connectivity index (χ1) is 11.1. The van der Waals surface area contributed by atoms with Crippen LogP contribution in [0.15, 0.2) is 53.4 Å². The predicted molar refractivity (Wildman–Crippen MR) is 83.6 cm³/mol. The molecule has 0 heterocycles. The quantitative estimate of drug-likeness (QED) is 0.783. The maximum absolute atomic E-state index is 12.4.